The third kappa shape index (κ3) is 2.91. The van der Waals surface area contributed by atoms with Gasteiger partial charge in [0.2, 0.25) is 0 Å². The quantitative estimate of drug-likeness (QED) is 0.759. The van der Waals surface area contributed by atoms with E-state index in [2.05, 4.69) is 20.9 Å². The van der Waals surface area contributed by atoms with Gasteiger partial charge in [-0.05, 0) is 37.3 Å². The number of aryl methyl sites for hydroxylation is 1. The van der Waals surface area contributed by atoms with Crippen LogP contribution in [-0.4, -0.2) is 4.98 Å². The molecule has 2 aromatic carbocycles. The molecule has 3 rings (SSSR count). The molecule has 3 aromatic rings. The molecule has 0 saturated heterocycles. The molecule has 21 heavy (non-hydrogen) atoms. The fraction of sp³-hybridized carbons (Fsp3) is 0.118. The van der Waals surface area contributed by atoms with Crippen molar-refractivity contribution in [3.63, 3.8) is 0 Å². The van der Waals surface area contributed by atoms with Gasteiger partial charge in [-0.25, -0.2) is 0 Å². The van der Waals surface area contributed by atoms with Gasteiger partial charge in [-0.2, -0.15) is 0 Å². The van der Waals surface area contributed by atoms with E-state index >= 15 is 0 Å². The molecule has 4 heteroatoms. The van der Waals surface area contributed by atoms with Crippen molar-refractivity contribution in [2.45, 2.75) is 13.5 Å². The van der Waals surface area contributed by atoms with E-state index in [0.29, 0.717) is 6.54 Å². The number of fused-ring (bicyclic) bond motifs is 1. The molecule has 1 heterocycles. The number of benzene rings is 2. The number of ether oxygens (including phenoxy) is 1. The van der Waals surface area contributed by atoms with Crippen LogP contribution in [0.15, 0.2) is 53.0 Å². The molecule has 0 aliphatic carbocycles. The van der Waals surface area contributed by atoms with Crippen molar-refractivity contribution >= 4 is 26.8 Å². The van der Waals surface area contributed by atoms with E-state index in [9.17, 15) is 0 Å². The first-order valence-electron chi connectivity index (χ1n) is 6.70. The molecule has 106 valence electrons. The smallest absolute Gasteiger partial charge is 0.138 e. The molecule has 3 nitrogen and oxygen atoms in total. The van der Waals surface area contributed by atoms with Crippen molar-refractivity contribution in [2.75, 3.05) is 0 Å². The van der Waals surface area contributed by atoms with Crippen LogP contribution in [0.25, 0.3) is 10.9 Å². The van der Waals surface area contributed by atoms with Crippen molar-refractivity contribution < 1.29 is 4.74 Å². The maximum Gasteiger partial charge on any atom is 0.138 e. The van der Waals surface area contributed by atoms with E-state index in [1.54, 1.807) is 0 Å². The largest absolute Gasteiger partial charge is 0.456 e. The van der Waals surface area contributed by atoms with Gasteiger partial charge in [0, 0.05) is 33.7 Å². The molecular weight excluding hydrogens is 328 g/mol. The van der Waals surface area contributed by atoms with E-state index in [0.717, 1.165) is 38.1 Å². The summed E-state index contributed by atoms with van der Waals surface area (Å²) in [6.45, 7) is 2.39. The van der Waals surface area contributed by atoms with E-state index in [1.165, 1.54) is 0 Å². The van der Waals surface area contributed by atoms with Crippen LogP contribution >= 0.6 is 15.9 Å². The monoisotopic (exact) mass is 342 g/mol. The summed E-state index contributed by atoms with van der Waals surface area (Å²) in [6.07, 6.45) is 0. The van der Waals surface area contributed by atoms with Crippen LogP contribution in [0.1, 0.15) is 11.3 Å². The zero-order chi connectivity index (χ0) is 14.8. The van der Waals surface area contributed by atoms with Gasteiger partial charge >= 0.3 is 0 Å². The van der Waals surface area contributed by atoms with Crippen LogP contribution in [0, 0.1) is 6.92 Å². The van der Waals surface area contributed by atoms with Crippen LogP contribution in [0.2, 0.25) is 0 Å². The molecule has 1 aromatic heterocycles. The van der Waals surface area contributed by atoms with Gasteiger partial charge in [0.05, 0.1) is 5.52 Å². The molecule has 0 fully saturated rings. The lowest BCUT2D eigenvalue weighted by Gasteiger charge is -2.13. The highest BCUT2D eigenvalue weighted by Gasteiger charge is 2.09. The van der Waals surface area contributed by atoms with E-state index in [1.807, 2.05) is 55.5 Å². The van der Waals surface area contributed by atoms with Crippen LogP contribution in [0.3, 0.4) is 0 Å². The number of hydrogen-bond acceptors (Lipinski definition) is 3. The Hall–Kier alpha value is -1.91. The second-order valence-corrected chi connectivity index (χ2v) is 5.75. The van der Waals surface area contributed by atoms with Crippen molar-refractivity contribution in [2.24, 2.45) is 5.73 Å². The van der Waals surface area contributed by atoms with Crippen LogP contribution in [0.5, 0.6) is 11.5 Å². The number of rotatable bonds is 3. The zero-order valence-corrected chi connectivity index (χ0v) is 13.2. The lowest BCUT2D eigenvalue weighted by molar-refractivity contribution is 0.481. The molecule has 0 aliphatic rings. The minimum atomic E-state index is 0.427. The number of aromatic nitrogens is 1. The number of hydrogen-bond donors (Lipinski definition) is 1. The normalized spacial score (nSPS) is 10.8. The SMILES string of the molecule is Cc1cc(Oc2ccc(Br)cc2CN)c2ccccc2n1. The second kappa shape index (κ2) is 5.84. The highest BCUT2D eigenvalue weighted by Crippen LogP contribution is 2.32. The van der Waals surface area contributed by atoms with Crippen molar-refractivity contribution in [3.8, 4) is 11.5 Å². The Balaban J connectivity index is 2.10. The fourth-order valence-corrected chi connectivity index (χ4v) is 2.69. The average Bonchev–Trinajstić information content (AvgIpc) is 2.48. The minimum absolute atomic E-state index is 0.427. The van der Waals surface area contributed by atoms with Crippen molar-refractivity contribution in [1.82, 2.24) is 4.98 Å². The maximum atomic E-state index is 6.11. The Morgan fingerprint density at radius 1 is 1.10 bits per heavy atom. The summed E-state index contributed by atoms with van der Waals surface area (Å²) in [7, 11) is 0. The lowest BCUT2D eigenvalue weighted by Crippen LogP contribution is -2.00. The molecule has 0 radical (unpaired) electrons. The standard InChI is InChI=1S/C17H15BrN2O/c1-11-8-17(14-4-2-3-5-15(14)20-11)21-16-7-6-13(18)9-12(16)10-19/h2-9H,10,19H2,1H3. The summed E-state index contributed by atoms with van der Waals surface area (Å²) in [5.41, 5.74) is 8.62. The van der Waals surface area contributed by atoms with Crippen LogP contribution < -0.4 is 10.5 Å². The Labute approximate surface area is 131 Å². The van der Waals surface area contributed by atoms with E-state index in [-0.39, 0.29) is 0 Å². The minimum Gasteiger partial charge on any atom is -0.456 e. The molecule has 0 unspecified atom stereocenters. The summed E-state index contributed by atoms with van der Waals surface area (Å²) < 4.78 is 7.10. The molecule has 0 bridgehead atoms. The van der Waals surface area contributed by atoms with E-state index < -0.39 is 0 Å². The number of nitrogens with zero attached hydrogens (tertiary/aromatic N) is 1. The first kappa shape index (κ1) is 14.0. The first-order chi connectivity index (χ1) is 10.2. The number of nitrogens with two attached hydrogens (primary N) is 1. The highest BCUT2D eigenvalue weighted by molar-refractivity contribution is 9.10. The summed E-state index contributed by atoms with van der Waals surface area (Å²) >= 11 is 3.45. The Morgan fingerprint density at radius 2 is 1.90 bits per heavy atom. The summed E-state index contributed by atoms with van der Waals surface area (Å²) in [4.78, 5) is 4.52. The third-order valence-corrected chi connectivity index (χ3v) is 3.76. The molecule has 0 saturated carbocycles. The molecule has 0 atom stereocenters. The Kier molecular flexibility index (Phi) is 3.90. The molecule has 0 aliphatic heterocycles. The fourth-order valence-electron chi connectivity index (χ4n) is 2.28. The highest BCUT2D eigenvalue weighted by atomic mass is 79.9. The molecular formula is C17H15BrN2O. The summed E-state index contributed by atoms with van der Waals surface area (Å²) in [6, 6.07) is 15.8. The summed E-state index contributed by atoms with van der Waals surface area (Å²) in [5.74, 6) is 1.58. The van der Waals surface area contributed by atoms with Gasteiger partial charge in [0.15, 0.2) is 0 Å². The molecule has 0 amide bonds. The summed E-state index contributed by atoms with van der Waals surface area (Å²) in [5, 5.41) is 0.994. The lowest BCUT2D eigenvalue weighted by atomic mass is 10.1. The maximum absolute atomic E-state index is 6.11. The number of para-hydroxylation sites is 1. The number of halogens is 1. The average molecular weight is 343 g/mol. The van der Waals surface area contributed by atoms with Gasteiger partial charge in [-0.3, -0.25) is 4.98 Å². The Morgan fingerprint density at radius 3 is 2.71 bits per heavy atom. The van der Waals surface area contributed by atoms with Crippen LogP contribution in [0.4, 0.5) is 0 Å². The predicted molar refractivity (Wildman–Crippen MR) is 88.6 cm³/mol. The van der Waals surface area contributed by atoms with Crippen molar-refractivity contribution in [1.29, 1.82) is 0 Å². The molecule has 2 N–H and O–H groups in total. The zero-order valence-electron chi connectivity index (χ0n) is 11.6. The molecule has 0 spiro atoms. The Bertz CT molecular complexity index is 802. The second-order valence-electron chi connectivity index (χ2n) is 4.84. The van der Waals surface area contributed by atoms with Gasteiger partial charge < -0.3 is 10.5 Å². The van der Waals surface area contributed by atoms with Gasteiger partial charge in [0.25, 0.3) is 0 Å². The van der Waals surface area contributed by atoms with E-state index in [4.69, 9.17) is 10.5 Å². The third-order valence-electron chi connectivity index (χ3n) is 3.27. The number of pyridine rings is 1. The predicted octanol–water partition coefficient (Wildman–Crippen LogP) is 4.56. The van der Waals surface area contributed by atoms with Crippen LogP contribution in [-0.2, 0) is 6.54 Å². The van der Waals surface area contributed by atoms with Gasteiger partial charge in [0.1, 0.15) is 11.5 Å². The van der Waals surface area contributed by atoms with Gasteiger partial charge in [-0.15, -0.1) is 0 Å². The van der Waals surface area contributed by atoms with Gasteiger partial charge in [-0.1, -0.05) is 28.1 Å². The topological polar surface area (TPSA) is 48.1 Å². The van der Waals surface area contributed by atoms with Crippen molar-refractivity contribution in [3.05, 3.63) is 64.3 Å². The first-order valence-corrected chi connectivity index (χ1v) is 7.49.